The molecule has 4 rings (SSSR count). The van der Waals surface area contributed by atoms with E-state index in [2.05, 4.69) is 0 Å². The average molecular weight is 355 g/mol. The van der Waals surface area contributed by atoms with Crippen molar-refractivity contribution in [3.63, 3.8) is 0 Å². The van der Waals surface area contributed by atoms with Gasteiger partial charge in [0.05, 0.1) is 10.2 Å². The third kappa shape index (κ3) is 2.33. The van der Waals surface area contributed by atoms with Crippen LogP contribution >= 0.6 is 0 Å². The molecule has 0 unspecified atom stereocenters. The smallest absolute Gasteiger partial charge is 0.161 e. The number of ketones is 2. The maximum absolute atomic E-state index is 12.8. The molecule has 0 spiro atoms. The summed E-state index contributed by atoms with van der Waals surface area (Å²) in [6, 6.07) is -0.678. The lowest BCUT2D eigenvalue weighted by molar-refractivity contribution is -0.146. The van der Waals surface area contributed by atoms with Crippen LogP contribution in [0.5, 0.6) is 0 Å². The first-order chi connectivity index (χ1) is 14.7. The van der Waals surface area contributed by atoms with Crippen LogP contribution in [0.4, 0.5) is 0 Å². The molecule has 0 saturated heterocycles. The molecule has 0 aliphatic heterocycles. The van der Waals surface area contributed by atoms with Gasteiger partial charge in [-0.25, -0.2) is 0 Å². The normalized spacial score (nSPS) is 61.7. The van der Waals surface area contributed by atoms with Crippen molar-refractivity contribution >= 4 is 11.6 Å². The summed E-state index contributed by atoms with van der Waals surface area (Å²) in [4.78, 5) is 25.3. The van der Waals surface area contributed by atoms with E-state index in [1.54, 1.807) is 13.8 Å². The SMILES string of the molecule is [2H]C1=C2C([2H])([2H])C[C@@H]3[C@H]([C@@H](O)C[C@@]4(C)[C@H]3CC[C@]4([2H])C(=O)C([2H])([2H])O)[C@@]2(C)CC([2H])([2H])C1=O. The summed E-state index contributed by atoms with van der Waals surface area (Å²) in [5, 5.41) is 21.1. The van der Waals surface area contributed by atoms with E-state index >= 15 is 0 Å². The number of carbonyl (C=O) groups is 2. The Morgan fingerprint density at radius 2 is 2.20 bits per heavy atom. The topological polar surface area (TPSA) is 74.6 Å². The van der Waals surface area contributed by atoms with Crippen molar-refractivity contribution in [3.8, 4) is 0 Å². The number of fused-ring (bicyclic) bond motifs is 5. The first kappa shape index (κ1) is 10.4. The van der Waals surface area contributed by atoms with Gasteiger partial charge in [0, 0.05) is 19.1 Å². The largest absolute Gasteiger partial charge is 0.393 e. The van der Waals surface area contributed by atoms with Gasteiger partial charge in [0.2, 0.25) is 0 Å². The Balaban J connectivity index is 1.86. The summed E-state index contributed by atoms with van der Waals surface area (Å²) >= 11 is 0. The Labute approximate surface area is 160 Å². The molecular weight excluding hydrogens is 316 g/mol. The van der Waals surface area contributed by atoms with Gasteiger partial charge in [0.25, 0.3) is 0 Å². The van der Waals surface area contributed by atoms with E-state index < -0.39 is 77.5 Å². The lowest BCUT2D eigenvalue weighted by Crippen LogP contribution is -2.57. The Bertz CT molecular complexity index is 958. The minimum absolute atomic E-state index is 0.0472. The molecule has 0 aromatic carbocycles. The van der Waals surface area contributed by atoms with Crippen molar-refractivity contribution in [1.82, 2.24) is 0 Å². The number of Topliss-reactive ketones (excluding diaryl/α,β-unsaturated/α-hetero) is 1. The van der Waals surface area contributed by atoms with Crippen LogP contribution < -0.4 is 0 Å². The third-order valence-corrected chi connectivity index (χ3v) is 7.29. The fraction of sp³-hybridized carbons (Fsp3) is 0.810. The van der Waals surface area contributed by atoms with Gasteiger partial charge in [0.15, 0.2) is 11.6 Å². The molecule has 3 saturated carbocycles. The van der Waals surface area contributed by atoms with E-state index in [1.807, 2.05) is 0 Å². The minimum Gasteiger partial charge on any atom is -0.393 e. The third-order valence-electron chi connectivity index (χ3n) is 7.29. The number of hydrogen-bond acceptors (Lipinski definition) is 4. The number of rotatable bonds is 2. The number of allylic oxidation sites excluding steroid dienone is 1. The first-order valence-electron chi connectivity index (χ1n) is 13.0. The van der Waals surface area contributed by atoms with Crippen LogP contribution in [0.2, 0.25) is 0 Å². The van der Waals surface area contributed by atoms with Crippen LogP contribution in [-0.2, 0) is 9.59 Å². The number of hydrogen-bond donors (Lipinski definition) is 2. The monoisotopic (exact) mass is 354 g/mol. The molecule has 4 nitrogen and oxygen atoms in total. The maximum atomic E-state index is 12.8. The summed E-state index contributed by atoms with van der Waals surface area (Å²) in [5.74, 6) is -6.08. The fourth-order valence-corrected chi connectivity index (χ4v) is 6.20. The molecule has 0 aromatic rings. The van der Waals surface area contributed by atoms with E-state index in [9.17, 15) is 19.8 Å². The van der Waals surface area contributed by atoms with E-state index in [0.717, 1.165) is 0 Å². The second-order valence-electron chi connectivity index (χ2n) is 8.42. The lowest BCUT2D eigenvalue weighted by Gasteiger charge is -2.59. The number of aliphatic hydroxyl groups is 2. The highest BCUT2D eigenvalue weighted by Gasteiger charge is 2.62. The molecule has 3 fully saturated rings. The zero-order chi connectivity index (χ0) is 25.2. The molecule has 0 amide bonds. The molecule has 0 aromatic heterocycles. The number of aliphatic hydroxyl groups excluding tert-OH is 1. The molecule has 138 valence electrons. The van der Waals surface area contributed by atoms with Gasteiger partial charge < -0.3 is 10.2 Å². The molecular formula is C21H30O4. The van der Waals surface area contributed by atoms with Gasteiger partial charge in [-0.3, -0.25) is 9.59 Å². The summed E-state index contributed by atoms with van der Waals surface area (Å²) in [5.41, 5.74) is -2.64. The second-order valence-corrected chi connectivity index (χ2v) is 8.42. The standard InChI is InChI=1S/C21H30O4/c1-20-8-7-13(23)9-12(20)3-4-14-15-5-6-16(18(25)11-22)21(15,2)10-17(24)19(14)20/h9,14-17,19,22,24H,3-8,10-11H2,1-2H3/t14-,15-,16+,17-,19+,20-,21-/m0/s1/i3D2,7D2,9D,11D2,16D. The summed E-state index contributed by atoms with van der Waals surface area (Å²) in [6.07, 6.45) is -6.07. The molecule has 4 heteroatoms. The van der Waals surface area contributed by atoms with E-state index in [1.165, 1.54) is 0 Å². The molecule has 0 bridgehead atoms. The maximum Gasteiger partial charge on any atom is 0.161 e. The Morgan fingerprint density at radius 1 is 1.44 bits per heavy atom. The Hall–Kier alpha value is -1.00. The summed E-state index contributed by atoms with van der Waals surface area (Å²) in [6.45, 7) is -0.00389. The zero-order valence-corrected chi connectivity index (χ0v) is 14.6. The highest BCUT2D eigenvalue weighted by Crippen LogP contribution is 2.66. The molecule has 4 aliphatic rings. The van der Waals surface area contributed by atoms with Crippen LogP contribution in [0.3, 0.4) is 0 Å². The molecule has 7 atom stereocenters. The molecule has 2 N–H and O–H groups in total. The second kappa shape index (κ2) is 5.75. The molecule has 4 aliphatic carbocycles. The quantitative estimate of drug-likeness (QED) is 0.799. The van der Waals surface area contributed by atoms with Crippen molar-refractivity contribution in [3.05, 3.63) is 11.6 Å². The molecule has 25 heavy (non-hydrogen) atoms. The first-order valence-corrected chi connectivity index (χ1v) is 8.96. The van der Waals surface area contributed by atoms with Gasteiger partial charge in [-0.2, -0.15) is 0 Å². The summed E-state index contributed by atoms with van der Waals surface area (Å²) < 4.78 is 66.0. The van der Waals surface area contributed by atoms with Crippen molar-refractivity contribution in [1.29, 1.82) is 0 Å². The van der Waals surface area contributed by atoms with Crippen LogP contribution in [0, 0.1) is 34.5 Å². The van der Waals surface area contributed by atoms with Gasteiger partial charge in [-0.05, 0) is 73.1 Å². The predicted molar refractivity (Wildman–Crippen MR) is 93.7 cm³/mol. The van der Waals surface area contributed by atoms with E-state index in [4.69, 9.17) is 11.0 Å². The van der Waals surface area contributed by atoms with Gasteiger partial charge in [-0.15, -0.1) is 0 Å². The van der Waals surface area contributed by atoms with E-state index in [-0.39, 0.29) is 31.3 Å². The predicted octanol–water partition coefficient (Wildman–Crippen LogP) is 2.67. The van der Waals surface area contributed by atoms with Gasteiger partial charge >= 0.3 is 0 Å². The highest BCUT2D eigenvalue weighted by molar-refractivity contribution is 5.91. The summed E-state index contributed by atoms with van der Waals surface area (Å²) in [7, 11) is 0. The van der Waals surface area contributed by atoms with Gasteiger partial charge in [-0.1, -0.05) is 19.4 Å². The average Bonchev–Trinajstić information content (AvgIpc) is 2.88. The van der Waals surface area contributed by atoms with Crippen molar-refractivity contribution in [2.45, 2.75) is 64.8 Å². The fourth-order valence-electron chi connectivity index (χ4n) is 6.20. The van der Waals surface area contributed by atoms with Crippen LogP contribution in [0.25, 0.3) is 0 Å². The minimum atomic E-state index is -3.22. The number of carbonyl (C=O) groups excluding carboxylic acids is 2. The molecule has 0 radical (unpaired) electrons. The Kier molecular flexibility index (Phi) is 2.38. The van der Waals surface area contributed by atoms with Crippen molar-refractivity contribution in [2.24, 2.45) is 34.5 Å². The van der Waals surface area contributed by atoms with Crippen LogP contribution in [0.15, 0.2) is 11.6 Å². The van der Waals surface area contributed by atoms with Crippen LogP contribution in [0.1, 0.15) is 69.7 Å². The van der Waals surface area contributed by atoms with E-state index in [0.29, 0.717) is 6.42 Å². The van der Waals surface area contributed by atoms with Crippen molar-refractivity contribution < 1.29 is 30.8 Å². The molecule has 0 heterocycles. The van der Waals surface area contributed by atoms with Crippen molar-refractivity contribution in [2.75, 3.05) is 6.56 Å². The Morgan fingerprint density at radius 3 is 2.92 bits per heavy atom. The van der Waals surface area contributed by atoms with Gasteiger partial charge in [0.1, 0.15) is 6.56 Å². The lowest BCUT2D eigenvalue weighted by atomic mass is 9.46. The van der Waals surface area contributed by atoms with Crippen LogP contribution in [-0.4, -0.2) is 34.4 Å². The zero-order valence-electron chi connectivity index (χ0n) is 22.6. The highest BCUT2D eigenvalue weighted by atomic mass is 16.3.